The van der Waals surface area contributed by atoms with Gasteiger partial charge in [0.15, 0.2) is 0 Å². The number of hydrogen-bond donors (Lipinski definition) is 0. The number of piperidine rings is 1. The molecule has 0 radical (unpaired) electrons. The average Bonchev–Trinajstić information content (AvgIpc) is 2.65. The van der Waals surface area contributed by atoms with Crippen LogP contribution in [0, 0.1) is 11.8 Å². The molecule has 0 N–H and O–H groups in total. The first-order chi connectivity index (χ1) is 6.45. The van der Waals surface area contributed by atoms with Gasteiger partial charge in [-0.1, -0.05) is 19.3 Å². The molecular weight excluding hydrogens is 158 g/mol. The van der Waals surface area contributed by atoms with E-state index in [0.717, 1.165) is 17.9 Å². The molecule has 1 nitrogen and oxygen atoms in total. The predicted octanol–water partition coefficient (Wildman–Crippen LogP) is 2.66. The van der Waals surface area contributed by atoms with E-state index in [4.69, 9.17) is 0 Å². The van der Waals surface area contributed by atoms with Crippen molar-refractivity contribution in [2.24, 2.45) is 11.8 Å². The van der Waals surface area contributed by atoms with Crippen molar-refractivity contribution in [3.05, 3.63) is 0 Å². The third-order valence-corrected chi connectivity index (χ3v) is 4.66. The second-order valence-electron chi connectivity index (χ2n) is 5.24. The minimum absolute atomic E-state index is 1.01. The molecule has 3 rings (SSSR count). The Labute approximate surface area is 81.5 Å². The molecule has 74 valence electrons. The molecule has 0 aromatic rings. The van der Waals surface area contributed by atoms with E-state index in [1.807, 2.05) is 0 Å². The Hall–Kier alpha value is -0.0400. The van der Waals surface area contributed by atoms with Crippen molar-refractivity contribution in [1.29, 1.82) is 0 Å². The van der Waals surface area contributed by atoms with Gasteiger partial charge in [0.2, 0.25) is 0 Å². The second kappa shape index (κ2) is 3.27. The van der Waals surface area contributed by atoms with Crippen LogP contribution in [-0.4, -0.2) is 24.0 Å². The minimum Gasteiger partial charge on any atom is -0.300 e. The highest BCUT2D eigenvalue weighted by Gasteiger charge is 2.40. The first kappa shape index (κ1) is 8.28. The summed E-state index contributed by atoms with van der Waals surface area (Å²) >= 11 is 0. The fourth-order valence-corrected chi connectivity index (χ4v) is 4.05. The van der Waals surface area contributed by atoms with Gasteiger partial charge in [0.25, 0.3) is 0 Å². The molecule has 2 aliphatic heterocycles. The lowest BCUT2D eigenvalue weighted by Gasteiger charge is -2.44. The summed E-state index contributed by atoms with van der Waals surface area (Å²) in [6, 6.07) is 1.01. The minimum atomic E-state index is 1.01. The largest absolute Gasteiger partial charge is 0.300 e. The van der Waals surface area contributed by atoms with Crippen LogP contribution in [0.1, 0.15) is 44.9 Å². The lowest BCUT2D eigenvalue weighted by molar-refractivity contribution is 0.0508. The molecule has 0 amide bonds. The summed E-state index contributed by atoms with van der Waals surface area (Å²) in [6.07, 6.45) is 10.6. The predicted molar refractivity (Wildman–Crippen MR) is 54.7 cm³/mol. The van der Waals surface area contributed by atoms with Crippen molar-refractivity contribution >= 4 is 0 Å². The van der Waals surface area contributed by atoms with E-state index in [-0.39, 0.29) is 0 Å². The Morgan fingerprint density at radius 1 is 0.769 bits per heavy atom. The lowest BCUT2D eigenvalue weighted by atomic mass is 9.71. The summed E-state index contributed by atoms with van der Waals surface area (Å²) in [6.45, 7) is 2.83. The van der Waals surface area contributed by atoms with Crippen molar-refractivity contribution < 1.29 is 0 Å². The second-order valence-corrected chi connectivity index (χ2v) is 5.24. The van der Waals surface area contributed by atoms with E-state index in [1.165, 1.54) is 45.2 Å². The van der Waals surface area contributed by atoms with Gasteiger partial charge in [-0.2, -0.15) is 0 Å². The monoisotopic (exact) mass is 179 g/mol. The first-order valence-corrected chi connectivity index (χ1v) is 6.19. The summed E-state index contributed by atoms with van der Waals surface area (Å²) in [4.78, 5) is 2.78. The quantitative estimate of drug-likeness (QED) is 0.552. The van der Waals surface area contributed by atoms with Crippen LogP contribution in [0.25, 0.3) is 0 Å². The number of nitrogens with zero attached hydrogens (tertiary/aromatic N) is 1. The molecule has 1 saturated carbocycles. The SMILES string of the molecule is C1CCC2C(C1)CCN1CCCC21. The molecule has 0 aromatic carbocycles. The molecular formula is C12H21N. The molecule has 13 heavy (non-hydrogen) atoms. The maximum Gasteiger partial charge on any atom is 0.0127 e. The average molecular weight is 179 g/mol. The Bertz CT molecular complexity index is 190. The van der Waals surface area contributed by atoms with Gasteiger partial charge in [0.1, 0.15) is 0 Å². The molecule has 2 saturated heterocycles. The van der Waals surface area contributed by atoms with Crippen molar-refractivity contribution in [3.63, 3.8) is 0 Å². The fourth-order valence-electron chi connectivity index (χ4n) is 4.05. The van der Waals surface area contributed by atoms with E-state index in [1.54, 1.807) is 12.8 Å². The Balaban J connectivity index is 1.77. The Morgan fingerprint density at radius 3 is 2.69 bits per heavy atom. The van der Waals surface area contributed by atoms with Crippen molar-refractivity contribution in [2.75, 3.05) is 13.1 Å². The lowest BCUT2D eigenvalue weighted by Crippen LogP contribution is -2.46. The number of hydrogen-bond acceptors (Lipinski definition) is 1. The van der Waals surface area contributed by atoms with Gasteiger partial charge in [-0.3, -0.25) is 0 Å². The molecule has 1 heteroatoms. The molecule has 0 spiro atoms. The Morgan fingerprint density at radius 2 is 1.69 bits per heavy atom. The van der Waals surface area contributed by atoms with E-state index in [2.05, 4.69) is 4.90 Å². The molecule has 3 unspecified atom stereocenters. The zero-order valence-corrected chi connectivity index (χ0v) is 8.54. The van der Waals surface area contributed by atoms with Crippen LogP contribution in [0.5, 0.6) is 0 Å². The van der Waals surface area contributed by atoms with Crippen molar-refractivity contribution in [3.8, 4) is 0 Å². The normalized spacial score (nSPS) is 45.7. The topological polar surface area (TPSA) is 3.24 Å². The smallest absolute Gasteiger partial charge is 0.0127 e. The van der Waals surface area contributed by atoms with Gasteiger partial charge in [-0.15, -0.1) is 0 Å². The number of fused-ring (bicyclic) bond motifs is 3. The molecule has 3 fully saturated rings. The summed E-state index contributed by atoms with van der Waals surface area (Å²) in [5.41, 5.74) is 0. The third-order valence-electron chi connectivity index (χ3n) is 4.66. The van der Waals surface area contributed by atoms with Gasteiger partial charge in [0, 0.05) is 6.04 Å². The van der Waals surface area contributed by atoms with Crippen LogP contribution in [0.3, 0.4) is 0 Å². The van der Waals surface area contributed by atoms with Crippen LogP contribution >= 0.6 is 0 Å². The maximum atomic E-state index is 2.78. The van der Waals surface area contributed by atoms with Gasteiger partial charge in [0.05, 0.1) is 0 Å². The molecule has 0 aromatic heterocycles. The van der Waals surface area contributed by atoms with Crippen LogP contribution in [-0.2, 0) is 0 Å². The molecule has 0 bridgehead atoms. The Kier molecular flexibility index (Phi) is 2.08. The number of rotatable bonds is 0. The molecule has 3 aliphatic rings. The summed E-state index contributed by atoms with van der Waals surface area (Å²) in [5, 5.41) is 0. The van der Waals surface area contributed by atoms with E-state index >= 15 is 0 Å². The van der Waals surface area contributed by atoms with Gasteiger partial charge in [-0.25, -0.2) is 0 Å². The molecule has 3 atom stereocenters. The van der Waals surface area contributed by atoms with E-state index < -0.39 is 0 Å². The summed E-state index contributed by atoms with van der Waals surface area (Å²) in [5.74, 6) is 2.22. The van der Waals surface area contributed by atoms with Gasteiger partial charge in [-0.05, 0) is 50.6 Å². The van der Waals surface area contributed by atoms with E-state index in [0.29, 0.717) is 0 Å². The molecule has 2 heterocycles. The van der Waals surface area contributed by atoms with Crippen molar-refractivity contribution in [2.45, 2.75) is 51.0 Å². The maximum absolute atomic E-state index is 2.78. The highest BCUT2D eigenvalue weighted by molar-refractivity contribution is 4.94. The highest BCUT2D eigenvalue weighted by atomic mass is 15.2. The van der Waals surface area contributed by atoms with Crippen LogP contribution in [0.4, 0.5) is 0 Å². The summed E-state index contributed by atoms with van der Waals surface area (Å²) in [7, 11) is 0. The standard InChI is InChI=1S/C12H21N/c1-2-5-11-10(4-1)7-9-13-8-3-6-12(11)13/h10-12H,1-9H2. The van der Waals surface area contributed by atoms with Gasteiger partial charge >= 0.3 is 0 Å². The zero-order chi connectivity index (χ0) is 8.67. The summed E-state index contributed by atoms with van der Waals surface area (Å²) < 4.78 is 0. The van der Waals surface area contributed by atoms with Gasteiger partial charge < -0.3 is 4.90 Å². The van der Waals surface area contributed by atoms with E-state index in [9.17, 15) is 0 Å². The fraction of sp³-hybridized carbons (Fsp3) is 1.00. The molecule has 1 aliphatic carbocycles. The third kappa shape index (κ3) is 1.32. The zero-order valence-electron chi connectivity index (χ0n) is 8.54. The highest BCUT2D eigenvalue weighted by Crippen LogP contribution is 2.43. The van der Waals surface area contributed by atoms with Crippen LogP contribution < -0.4 is 0 Å². The van der Waals surface area contributed by atoms with Crippen molar-refractivity contribution in [1.82, 2.24) is 4.90 Å². The van der Waals surface area contributed by atoms with Crippen LogP contribution in [0.2, 0.25) is 0 Å². The van der Waals surface area contributed by atoms with Crippen LogP contribution in [0.15, 0.2) is 0 Å². The first-order valence-electron chi connectivity index (χ1n) is 6.19.